The summed E-state index contributed by atoms with van der Waals surface area (Å²) in [6, 6.07) is 9.74. The second kappa shape index (κ2) is 3.18. The van der Waals surface area contributed by atoms with Crippen LogP contribution < -0.4 is 0 Å². The maximum atomic E-state index is 11.2. The first-order chi connectivity index (χ1) is 6.31. The molecular weight excluding hydrogens is 184 g/mol. The normalized spacial score (nSPS) is 10.2. The number of benzene rings is 1. The summed E-state index contributed by atoms with van der Waals surface area (Å²) in [4.78, 5) is 11.8. The third-order valence-electron chi connectivity index (χ3n) is 1.81. The highest BCUT2D eigenvalue weighted by Crippen LogP contribution is 2.25. The van der Waals surface area contributed by atoms with Gasteiger partial charge in [0.1, 0.15) is 4.88 Å². The van der Waals surface area contributed by atoms with Crippen LogP contribution >= 0.6 is 11.3 Å². The molecule has 0 radical (unpaired) electrons. The maximum Gasteiger partial charge on any atom is 0.348 e. The molecule has 2 aromatic rings. The zero-order valence-corrected chi connectivity index (χ0v) is 7.93. The van der Waals surface area contributed by atoms with E-state index in [1.165, 1.54) is 18.4 Å². The third kappa shape index (κ3) is 1.42. The Labute approximate surface area is 79.8 Å². The molecule has 0 N–H and O–H groups in total. The van der Waals surface area contributed by atoms with Gasteiger partial charge in [-0.25, -0.2) is 4.79 Å². The van der Waals surface area contributed by atoms with Gasteiger partial charge in [0.05, 0.1) is 7.11 Å². The summed E-state index contributed by atoms with van der Waals surface area (Å²) in [5, 5.41) is 1.09. The van der Waals surface area contributed by atoms with Crippen LogP contribution in [0.2, 0.25) is 0 Å². The first-order valence-corrected chi connectivity index (χ1v) is 4.70. The summed E-state index contributed by atoms with van der Waals surface area (Å²) in [5.41, 5.74) is 0. The SMILES string of the molecule is COC(=O)c1cc2ccccc2s1. The first-order valence-electron chi connectivity index (χ1n) is 3.88. The highest BCUT2D eigenvalue weighted by atomic mass is 32.1. The number of hydrogen-bond donors (Lipinski definition) is 0. The fourth-order valence-electron chi connectivity index (χ4n) is 1.18. The van der Waals surface area contributed by atoms with E-state index in [4.69, 9.17) is 0 Å². The van der Waals surface area contributed by atoms with E-state index >= 15 is 0 Å². The molecule has 0 aliphatic carbocycles. The van der Waals surface area contributed by atoms with E-state index in [-0.39, 0.29) is 5.97 Å². The van der Waals surface area contributed by atoms with Gasteiger partial charge in [0.25, 0.3) is 0 Å². The highest BCUT2D eigenvalue weighted by Gasteiger charge is 2.08. The van der Waals surface area contributed by atoms with Crippen molar-refractivity contribution in [2.45, 2.75) is 0 Å². The summed E-state index contributed by atoms with van der Waals surface area (Å²) in [7, 11) is 1.40. The zero-order chi connectivity index (χ0) is 9.26. The zero-order valence-electron chi connectivity index (χ0n) is 7.11. The Balaban J connectivity index is 2.56. The Kier molecular flexibility index (Phi) is 2.02. The Morgan fingerprint density at radius 3 is 2.85 bits per heavy atom. The Morgan fingerprint density at radius 2 is 2.15 bits per heavy atom. The van der Waals surface area contributed by atoms with Crippen LogP contribution in [0.15, 0.2) is 30.3 Å². The van der Waals surface area contributed by atoms with Crippen LogP contribution in [0.3, 0.4) is 0 Å². The van der Waals surface area contributed by atoms with Gasteiger partial charge in [-0.2, -0.15) is 0 Å². The molecule has 13 heavy (non-hydrogen) atoms. The molecule has 0 bridgehead atoms. The number of methoxy groups -OCH3 is 1. The number of rotatable bonds is 1. The molecule has 0 fully saturated rings. The number of esters is 1. The van der Waals surface area contributed by atoms with Crippen molar-refractivity contribution in [3.05, 3.63) is 35.2 Å². The summed E-state index contributed by atoms with van der Waals surface area (Å²) >= 11 is 1.46. The molecule has 0 saturated heterocycles. The fraction of sp³-hybridized carbons (Fsp3) is 0.100. The van der Waals surface area contributed by atoms with Crippen LogP contribution in [0.25, 0.3) is 10.1 Å². The molecule has 0 atom stereocenters. The molecule has 0 aliphatic rings. The molecular formula is C10H8O2S. The van der Waals surface area contributed by atoms with Gasteiger partial charge >= 0.3 is 5.97 Å². The summed E-state index contributed by atoms with van der Waals surface area (Å²) in [5.74, 6) is -0.263. The molecule has 0 spiro atoms. The number of carbonyl (C=O) groups excluding carboxylic acids is 1. The third-order valence-corrected chi connectivity index (χ3v) is 2.91. The summed E-state index contributed by atoms with van der Waals surface area (Å²) < 4.78 is 5.75. The van der Waals surface area contributed by atoms with E-state index < -0.39 is 0 Å². The van der Waals surface area contributed by atoms with E-state index in [9.17, 15) is 4.79 Å². The van der Waals surface area contributed by atoms with Gasteiger partial charge in [0.2, 0.25) is 0 Å². The van der Waals surface area contributed by atoms with Crippen LogP contribution in [0, 0.1) is 0 Å². The minimum atomic E-state index is -0.263. The van der Waals surface area contributed by atoms with Crippen LogP contribution in [-0.2, 0) is 4.74 Å². The average Bonchev–Trinajstić information content (AvgIpc) is 2.59. The maximum absolute atomic E-state index is 11.2. The summed E-state index contributed by atoms with van der Waals surface area (Å²) in [6.07, 6.45) is 0. The van der Waals surface area contributed by atoms with Crippen molar-refractivity contribution in [1.82, 2.24) is 0 Å². The topological polar surface area (TPSA) is 26.3 Å². The van der Waals surface area contributed by atoms with Crippen molar-refractivity contribution >= 4 is 27.4 Å². The molecule has 0 unspecified atom stereocenters. The second-order valence-electron chi connectivity index (χ2n) is 2.64. The van der Waals surface area contributed by atoms with Gasteiger partial charge in [-0.3, -0.25) is 0 Å². The number of carbonyl (C=O) groups is 1. The number of hydrogen-bond acceptors (Lipinski definition) is 3. The Hall–Kier alpha value is -1.35. The quantitative estimate of drug-likeness (QED) is 0.649. The number of thiophene rings is 1. The molecule has 1 aromatic heterocycles. The molecule has 1 aromatic carbocycles. The van der Waals surface area contributed by atoms with Gasteiger partial charge < -0.3 is 4.74 Å². The van der Waals surface area contributed by atoms with E-state index in [0.29, 0.717) is 4.88 Å². The monoisotopic (exact) mass is 192 g/mol. The predicted molar refractivity (Wildman–Crippen MR) is 53.2 cm³/mol. The summed E-state index contributed by atoms with van der Waals surface area (Å²) in [6.45, 7) is 0. The van der Waals surface area contributed by atoms with Crippen LogP contribution in [-0.4, -0.2) is 13.1 Å². The predicted octanol–water partition coefficient (Wildman–Crippen LogP) is 2.69. The van der Waals surface area contributed by atoms with Crippen LogP contribution in [0.1, 0.15) is 9.67 Å². The molecule has 0 aliphatic heterocycles. The molecule has 0 amide bonds. The molecule has 66 valence electrons. The molecule has 3 heteroatoms. The van der Waals surface area contributed by atoms with Crippen molar-refractivity contribution < 1.29 is 9.53 Å². The Morgan fingerprint density at radius 1 is 1.38 bits per heavy atom. The van der Waals surface area contributed by atoms with Gasteiger partial charge in [-0.05, 0) is 17.5 Å². The van der Waals surface area contributed by atoms with Crippen molar-refractivity contribution in [3.63, 3.8) is 0 Å². The van der Waals surface area contributed by atoms with E-state index in [0.717, 1.165) is 10.1 Å². The van der Waals surface area contributed by atoms with Gasteiger partial charge in [0, 0.05) is 4.70 Å². The van der Waals surface area contributed by atoms with Gasteiger partial charge in [-0.1, -0.05) is 18.2 Å². The Bertz CT molecular complexity index is 412. The second-order valence-corrected chi connectivity index (χ2v) is 3.72. The first kappa shape index (κ1) is 8.26. The molecule has 2 rings (SSSR count). The van der Waals surface area contributed by atoms with Crippen molar-refractivity contribution in [2.75, 3.05) is 7.11 Å². The van der Waals surface area contributed by atoms with Crippen LogP contribution in [0.4, 0.5) is 0 Å². The minimum Gasteiger partial charge on any atom is -0.465 e. The lowest BCUT2D eigenvalue weighted by atomic mass is 10.2. The van der Waals surface area contributed by atoms with E-state index in [1.54, 1.807) is 0 Å². The lowest BCUT2D eigenvalue weighted by Gasteiger charge is -1.90. The molecule has 2 nitrogen and oxygen atoms in total. The van der Waals surface area contributed by atoms with E-state index in [2.05, 4.69) is 4.74 Å². The standard InChI is InChI=1S/C10H8O2S/c1-12-10(11)9-6-7-4-2-3-5-8(7)13-9/h2-6H,1H3. The van der Waals surface area contributed by atoms with Gasteiger partial charge in [-0.15, -0.1) is 11.3 Å². The van der Waals surface area contributed by atoms with Crippen molar-refractivity contribution in [3.8, 4) is 0 Å². The largest absolute Gasteiger partial charge is 0.465 e. The van der Waals surface area contributed by atoms with Crippen molar-refractivity contribution in [1.29, 1.82) is 0 Å². The molecule has 1 heterocycles. The average molecular weight is 192 g/mol. The lowest BCUT2D eigenvalue weighted by Crippen LogP contribution is -1.96. The molecule has 0 saturated carbocycles. The highest BCUT2D eigenvalue weighted by molar-refractivity contribution is 7.20. The number of ether oxygens (including phenoxy) is 1. The minimum absolute atomic E-state index is 0.263. The van der Waals surface area contributed by atoms with Crippen LogP contribution in [0.5, 0.6) is 0 Å². The fourth-order valence-corrected chi connectivity index (χ4v) is 2.16. The smallest absolute Gasteiger partial charge is 0.348 e. The number of fused-ring (bicyclic) bond motifs is 1. The van der Waals surface area contributed by atoms with E-state index in [1.807, 2.05) is 30.3 Å². The van der Waals surface area contributed by atoms with Gasteiger partial charge in [0.15, 0.2) is 0 Å². The lowest BCUT2D eigenvalue weighted by molar-refractivity contribution is 0.0606. The van der Waals surface area contributed by atoms with Crippen molar-refractivity contribution in [2.24, 2.45) is 0 Å².